The van der Waals surface area contributed by atoms with Crippen LogP contribution in [0.2, 0.25) is 0 Å². The van der Waals surface area contributed by atoms with Crippen molar-refractivity contribution < 1.29 is 9.53 Å². The van der Waals surface area contributed by atoms with Gasteiger partial charge in [0.05, 0.1) is 6.61 Å². The topological polar surface area (TPSA) is 76.1 Å². The van der Waals surface area contributed by atoms with Gasteiger partial charge < -0.3 is 15.4 Å². The van der Waals surface area contributed by atoms with Crippen molar-refractivity contribution in [2.75, 3.05) is 17.2 Å². The van der Waals surface area contributed by atoms with E-state index in [1.807, 2.05) is 43.3 Å². The average molecular weight is 348 g/mol. The Hall–Kier alpha value is -3.41. The van der Waals surface area contributed by atoms with Gasteiger partial charge in [0.15, 0.2) is 5.78 Å². The van der Waals surface area contributed by atoms with E-state index in [9.17, 15) is 4.79 Å². The Morgan fingerprint density at radius 2 is 1.62 bits per heavy atom. The van der Waals surface area contributed by atoms with Gasteiger partial charge in [-0.15, -0.1) is 0 Å². The highest BCUT2D eigenvalue weighted by Crippen LogP contribution is 2.20. The van der Waals surface area contributed by atoms with E-state index < -0.39 is 0 Å². The van der Waals surface area contributed by atoms with E-state index in [2.05, 4.69) is 20.6 Å². The molecular weight excluding hydrogens is 328 g/mol. The van der Waals surface area contributed by atoms with Crippen molar-refractivity contribution in [2.24, 2.45) is 0 Å². The Morgan fingerprint density at radius 3 is 2.27 bits per heavy atom. The van der Waals surface area contributed by atoms with Crippen molar-refractivity contribution in [1.29, 1.82) is 0 Å². The lowest BCUT2D eigenvalue weighted by molar-refractivity contribution is 0.101. The molecule has 0 aliphatic heterocycles. The zero-order valence-corrected chi connectivity index (χ0v) is 14.7. The number of rotatable bonds is 7. The van der Waals surface area contributed by atoms with Crippen LogP contribution in [0.25, 0.3) is 0 Å². The molecule has 0 aliphatic carbocycles. The second kappa shape index (κ2) is 8.11. The molecule has 132 valence electrons. The molecule has 1 aromatic heterocycles. The second-order valence-electron chi connectivity index (χ2n) is 5.61. The van der Waals surface area contributed by atoms with Gasteiger partial charge in [-0.05, 0) is 68.4 Å². The van der Waals surface area contributed by atoms with E-state index in [1.54, 1.807) is 31.3 Å². The Labute approximate surface area is 152 Å². The predicted octanol–water partition coefficient (Wildman–Crippen LogP) is 4.57. The monoisotopic (exact) mass is 348 g/mol. The summed E-state index contributed by atoms with van der Waals surface area (Å²) in [6.07, 6.45) is 1.68. The van der Waals surface area contributed by atoms with Crippen LogP contribution in [0.1, 0.15) is 24.2 Å². The first kappa shape index (κ1) is 17.4. The van der Waals surface area contributed by atoms with Crippen molar-refractivity contribution in [3.05, 3.63) is 66.4 Å². The molecule has 0 atom stereocenters. The maximum Gasteiger partial charge on any atom is 0.229 e. The highest BCUT2D eigenvalue weighted by molar-refractivity contribution is 5.94. The van der Waals surface area contributed by atoms with Gasteiger partial charge in [0, 0.05) is 23.1 Å². The third kappa shape index (κ3) is 4.57. The number of anilines is 4. The lowest BCUT2D eigenvalue weighted by Gasteiger charge is -2.09. The summed E-state index contributed by atoms with van der Waals surface area (Å²) in [5.74, 6) is 2.01. The van der Waals surface area contributed by atoms with Crippen LogP contribution in [0.3, 0.4) is 0 Å². The predicted molar refractivity (Wildman–Crippen MR) is 103 cm³/mol. The second-order valence-corrected chi connectivity index (χ2v) is 5.61. The molecule has 1 heterocycles. The molecule has 0 amide bonds. The lowest BCUT2D eigenvalue weighted by Crippen LogP contribution is -2.01. The first-order valence-electron chi connectivity index (χ1n) is 8.35. The van der Waals surface area contributed by atoms with E-state index in [0.29, 0.717) is 23.9 Å². The van der Waals surface area contributed by atoms with Crippen molar-refractivity contribution in [3.8, 4) is 5.75 Å². The molecule has 0 fully saturated rings. The third-order valence-corrected chi connectivity index (χ3v) is 3.64. The lowest BCUT2D eigenvalue weighted by atomic mass is 10.1. The van der Waals surface area contributed by atoms with E-state index in [4.69, 9.17) is 4.74 Å². The van der Waals surface area contributed by atoms with Crippen molar-refractivity contribution in [2.45, 2.75) is 13.8 Å². The molecule has 3 rings (SSSR count). The minimum atomic E-state index is 0.0421. The Kier molecular flexibility index (Phi) is 5.43. The summed E-state index contributed by atoms with van der Waals surface area (Å²) in [5.41, 5.74) is 2.40. The first-order valence-corrected chi connectivity index (χ1v) is 8.35. The van der Waals surface area contributed by atoms with Gasteiger partial charge >= 0.3 is 0 Å². The van der Waals surface area contributed by atoms with Crippen LogP contribution < -0.4 is 15.4 Å². The van der Waals surface area contributed by atoms with Crippen LogP contribution in [0.4, 0.5) is 23.1 Å². The summed E-state index contributed by atoms with van der Waals surface area (Å²) in [7, 11) is 0. The average Bonchev–Trinajstić information content (AvgIpc) is 2.64. The normalized spacial score (nSPS) is 10.2. The Balaban J connectivity index is 1.68. The number of nitrogens with one attached hydrogen (secondary N) is 2. The fraction of sp³-hybridized carbons (Fsp3) is 0.150. The maximum atomic E-state index is 11.3. The van der Waals surface area contributed by atoms with E-state index in [-0.39, 0.29) is 5.78 Å². The highest BCUT2D eigenvalue weighted by Gasteiger charge is 2.03. The maximum absolute atomic E-state index is 11.3. The molecule has 0 unspecified atom stereocenters. The number of ether oxygens (including phenoxy) is 1. The molecule has 2 N–H and O–H groups in total. The molecule has 6 heteroatoms. The van der Waals surface area contributed by atoms with Crippen LogP contribution in [-0.4, -0.2) is 22.4 Å². The number of hydrogen-bond donors (Lipinski definition) is 2. The van der Waals surface area contributed by atoms with Crippen LogP contribution in [0, 0.1) is 0 Å². The number of nitrogens with zero attached hydrogens (tertiary/aromatic N) is 2. The van der Waals surface area contributed by atoms with Crippen molar-refractivity contribution >= 4 is 28.9 Å². The molecule has 0 bridgehead atoms. The summed E-state index contributed by atoms with van der Waals surface area (Å²) < 4.78 is 5.43. The van der Waals surface area contributed by atoms with Crippen LogP contribution in [-0.2, 0) is 0 Å². The number of benzene rings is 2. The first-order chi connectivity index (χ1) is 12.6. The third-order valence-electron chi connectivity index (χ3n) is 3.64. The molecule has 0 radical (unpaired) electrons. The number of hydrogen-bond acceptors (Lipinski definition) is 6. The number of carbonyl (C=O) groups excluding carboxylic acids is 1. The van der Waals surface area contributed by atoms with E-state index >= 15 is 0 Å². The highest BCUT2D eigenvalue weighted by atomic mass is 16.5. The summed E-state index contributed by atoms with van der Waals surface area (Å²) in [6.45, 7) is 4.13. The zero-order chi connectivity index (χ0) is 18.4. The SMILES string of the molecule is CCOc1ccc(Nc2nccc(Nc3ccc(C(C)=O)cc3)n2)cc1. The van der Waals surface area contributed by atoms with Gasteiger partial charge in [0.2, 0.25) is 5.95 Å². The number of carbonyl (C=O) groups is 1. The van der Waals surface area contributed by atoms with Gasteiger partial charge in [0.1, 0.15) is 11.6 Å². The number of aromatic nitrogens is 2. The van der Waals surface area contributed by atoms with Gasteiger partial charge in [0.25, 0.3) is 0 Å². The minimum absolute atomic E-state index is 0.0421. The largest absolute Gasteiger partial charge is 0.494 e. The smallest absolute Gasteiger partial charge is 0.229 e. The number of ketones is 1. The van der Waals surface area contributed by atoms with E-state index in [0.717, 1.165) is 17.1 Å². The fourth-order valence-corrected chi connectivity index (χ4v) is 2.35. The van der Waals surface area contributed by atoms with E-state index in [1.165, 1.54) is 0 Å². The molecule has 26 heavy (non-hydrogen) atoms. The Bertz CT molecular complexity index is 877. The summed E-state index contributed by atoms with van der Waals surface area (Å²) >= 11 is 0. The van der Waals surface area contributed by atoms with Crippen molar-refractivity contribution in [3.63, 3.8) is 0 Å². The number of Topliss-reactive ketones (excluding diaryl/α,β-unsaturated/α-hetero) is 1. The van der Waals surface area contributed by atoms with Crippen molar-refractivity contribution in [1.82, 2.24) is 9.97 Å². The molecule has 3 aromatic rings. The molecule has 0 saturated heterocycles. The molecule has 0 spiro atoms. The van der Waals surface area contributed by atoms with Gasteiger partial charge in [-0.25, -0.2) is 4.98 Å². The molecule has 2 aromatic carbocycles. The van der Waals surface area contributed by atoms with Gasteiger partial charge in [-0.2, -0.15) is 4.98 Å². The van der Waals surface area contributed by atoms with Crippen LogP contribution in [0.15, 0.2) is 60.8 Å². The van der Waals surface area contributed by atoms with Crippen LogP contribution in [0.5, 0.6) is 5.75 Å². The Morgan fingerprint density at radius 1 is 0.962 bits per heavy atom. The molecule has 0 aliphatic rings. The van der Waals surface area contributed by atoms with Crippen LogP contribution >= 0.6 is 0 Å². The molecule has 0 saturated carbocycles. The van der Waals surface area contributed by atoms with Gasteiger partial charge in [-0.1, -0.05) is 0 Å². The standard InChI is InChI=1S/C20H20N4O2/c1-3-26-18-10-8-17(9-11-18)23-20-21-13-12-19(24-20)22-16-6-4-15(5-7-16)14(2)25/h4-13H,3H2,1-2H3,(H2,21,22,23,24). The summed E-state index contributed by atoms with van der Waals surface area (Å²) in [6, 6.07) is 16.6. The summed E-state index contributed by atoms with van der Waals surface area (Å²) in [5, 5.41) is 6.36. The molecular formula is C20H20N4O2. The zero-order valence-electron chi connectivity index (χ0n) is 14.7. The minimum Gasteiger partial charge on any atom is -0.494 e. The molecule has 6 nitrogen and oxygen atoms in total. The summed E-state index contributed by atoms with van der Waals surface area (Å²) in [4.78, 5) is 20.0. The quantitative estimate of drug-likeness (QED) is 0.609. The van der Waals surface area contributed by atoms with Gasteiger partial charge in [-0.3, -0.25) is 4.79 Å². The fourth-order valence-electron chi connectivity index (χ4n) is 2.35.